The Labute approximate surface area is 265 Å². The molecule has 0 unspecified atom stereocenters. The van der Waals surface area contributed by atoms with Crippen molar-refractivity contribution in [2.24, 2.45) is 0 Å². The Morgan fingerprint density at radius 2 is 1.74 bits per heavy atom. The van der Waals surface area contributed by atoms with Gasteiger partial charge in [0.15, 0.2) is 11.4 Å². The topological polar surface area (TPSA) is 124 Å². The summed E-state index contributed by atoms with van der Waals surface area (Å²) >= 11 is 0. The lowest BCUT2D eigenvalue weighted by Crippen LogP contribution is -2.54. The van der Waals surface area contributed by atoms with E-state index in [1.54, 1.807) is 24.3 Å². The Hall–Kier alpha value is -4.89. The van der Waals surface area contributed by atoms with Crippen LogP contribution in [0.5, 0.6) is 11.5 Å². The summed E-state index contributed by atoms with van der Waals surface area (Å²) in [5.41, 5.74) is -2.80. The number of hydrogen-bond acceptors (Lipinski definition) is 8. The summed E-state index contributed by atoms with van der Waals surface area (Å²) in [7, 11) is -1.49. The van der Waals surface area contributed by atoms with E-state index in [0.717, 1.165) is 14.9 Å². The summed E-state index contributed by atoms with van der Waals surface area (Å²) in [5, 5.41) is 14.0. The lowest BCUT2D eigenvalue weighted by atomic mass is 9.67. The average molecular weight is 674 g/mol. The second-order valence-electron chi connectivity index (χ2n) is 11.1. The Bertz CT molecular complexity index is 2110. The number of methoxy groups -OCH3 is 2. The molecule has 0 bridgehead atoms. The van der Waals surface area contributed by atoms with Gasteiger partial charge in [0.1, 0.15) is 23.6 Å². The fraction of sp³-hybridized carbons (Fsp3) is 0.250. The van der Waals surface area contributed by atoms with Gasteiger partial charge >= 0.3 is 6.18 Å². The lowest BCUT2D eigenvalue weighted by Gasteiger charge is -2.44. The number of sulfonamides is 1. The predicted octanol–water partition coefficient (Wildman–Crippen LogP) is 5.70. The number of alkyl halides is 3. The highest BCUT2D eigenvalue weighted by atomic mass is 32.2. The van der Waals surface area contributed by atoms with Crippen LogP contribution < -0.4 is 19.3 Å². The smallest absolute Gasteiger partial charge is 0.417 e. The van der Waals surface area contributed by atoms with Crippen molar-refractivity contribution < 1.29 is 45.1 Å². The third kappa shape index (κ3) is 5.69. The lowest BCUT2D eigenvalue weighted by molar-refractivity contribution is -0.291. The molecule has 0 radical (unpaired) electrons. The third-order valence-electron chi connectivity index (χ3n) is 8.29. The maximum absolute atomic E-state index is 15.4. The fourth-order valence-corrected chi connectivity index (χ4v) is 7.13. The van der Waals surface area contributed by atoms with Crippen molar-refractivity contribution in [3.63, 3.8) is 0 Å². The number of pyridine rings is 1. The molecule has 0 atom stereocenters. The number of nitrogens with zero attached hydrogens (tertiary/aromatic N) is 3. The van der Waals surface area contributed by atoms with Gasteiger partial charge in [-0.1, -0.05) is 17.3 Å². The predicted molar refractivity (Wildman–Crippen MR) is 162 cm³/mol. The van der Waals surface area contributed by atoms with Crippen LogP contribution in [0.2, 0.25) is 0 Å². The molecular formula is C32H27F4N3O7S. The van der Waals surface area contributed by atoms with Gasteiger partial charge in [-0.2, -0.15) is 13.2 Å². The average Bonchev–Trinajstić information content (AvgIpc) is 3.56. The minimum Gasteiger partial charge on any atom is -0.497 e. The Morgan fingerprint density at radius 3 is 2.36 bits per heavy atom. The number of aromatic nitrogens is 2. The third-order valence-corrected chi connectivity index (χ3v) is 10.0. The first-order chi connectivity index (χ1) is 22.3. The molecule has 1 saturated carbocycles. The number of aliphatic hydroxyl groups is 1. The molecule has 0 saturated heterocycles. The van der Waals surface area contributed by atoms with E-state index in [1.807, 2.05) is 0 Å². The molecule has 0 aliphatic heterocycles. The van der Waals surface area contributed by atoms with Crippen molar-refractivity contribution in [2.45, 2.75) is 42.0 Å². The Balaban J connectivity index is 1.39. The number of anilines is 1. The van der Waals surface area contributed by atoms with Crippen molar-refractivity contribution in [1.82, 2.24) is 9.72 Å². The summed E-state index contributed by atoms with van der Waals surface area (Å²) in [4.78, 5) is 13.0. The number of hydrogen-bond donors (Lipinski definition) is 1. The zero-order chi connectivity index (χ0) is 33.7. The molecule has 0 amide bonds. The van der Waals surface area contributed by atoms with Crippen LogP contribution in [0.1, 0.15) is 29.9 Å². The molecule has 1 aliphatic carbocycles. The standard InChI is InChI=1S/C32H27F4N3O7S/c1-44-22-6-3-19(4-7-22)18-38(29-11-12-46-37-29)47(42,43)23-8-9-26-20(13-23)5-10-30(40)39(26)27-15-25(33)24(14-28(27)45-2)21-16-31(41,17-21)32(34,35)36/h3-15,21,41H,16-18H2,1-2H3. The first-order valence-electron chi connectivity index (χ1n) is 14.1. The molecule has 3 aromatic carbocycles. The van der Waals surface area contributed by atoms with Gasteiger partial charge in [0.2, 0.25) is 0 Å². The van der Waals surface area contributed by atoms with E-state index in [9.17, 15) is 31.5 Å². The molecule has 47 heavy (non-hydrogen) atoms. The van der Waals surface area contributed by atoms with E-state index in [2.05, 4.69) is 5.16 Å². The van der Waals surface area contributed by atoms with Crippen molar-refractivity contribution in [2.75, 3.05) is 18.5 Å². The zero-order valence-electron chi connectivity index (χ0n) is 24.9. The molecule has 0 spiro atoms. The van der Waals surface area contributed by atoms with E-state index in [0.29, 0.717) is 16.7 Å². The second kappa shape index (κ2) is 11.7. The van der Waals surface area contributed by atoms with Crippen LogP contribution in [-0.2, 0) is 16.6 Å². The maximum Gasteiger partial charge on any atom is 0.417 e. The van der Waals surface area contributed by atoms with Crippen molar-refractivity contribution in [1.29, 1.82) is 0 Å². The summed E-state index contributed by atoms with van der Waals surface area (Å²) < 4.78 is 101. The molecule has 2 heterocycles. The molecule has 246 valence electrons. The Kier molecular flexibility index (Phi) is 8.00. The van der Waals surface area contributed by atoms with E-state index < -0.39 is 51.9 Å². The normalized spacial score (nSPS) is 18.1. The highest BCUT2D eigenvalue weighted by molar-refractivity contribution is 7.92. The van der Waals surface area contributed by atoms with Crippen LogP contribution in [0.15, 0.2) is 93.3 Å². The maximum atomic E-state index is 15.4. The monoisotopic (exact) mass is 673 g/mol. The Morgan fingerprint density at radius 1 is 1.02 bits per heavy atom. The van der Waals surface area contributed by atoms with Crippen molar-refractivity contribution in [3.05, 3.63) is 106 Å². The van der Waals surface area contributed by atoms with E-state index >= 15 is 4.39 Å². The first-order valence-corrected chi connectivity index (χ1v) is 15.6. The summed E-state index contributed by atoms with van der Waals surface area (Å²) in [6.07, 6.45) is -5.05. The zero-order valence-corrected chi connectivity index (χ0v) is 25.7. The van der Waals surface area contributed by atoms with E-state index in [4.69, 9.17) is 14.0 Å². The quantitative estimate of drug-likeness (QED) is 0.198. The van der Waals surface area contributed by atoms with Gasteiger partial charge in [0, 0.05) is 23.6 Å². The largest absolute Gasteiger partial charge is 0.497 e. The first kappa shape index (κ1) is 32.1. The molecule has 10 nitrogen and oxygen atoms in total. The highest BCUT2D eigenvalue weighted by Gasteiger charge is 2.61. The number of rotatable bonds is 9. The number of fused-ring (bicyclic) bond motifs is 1. The fourth-order valence-electron chi connectivity index (χ4n) is 5.70. The second-order valence-corrected chi connectivity index (χ2v) is 13.0. The van der Waals surface area contributed by atoms with Gasteiger partial charge in [-0.3, -0.25) is 9.36 Å². The van der Waals surface area contributed by atoms with Gasteiger partial charge < -0.3 is 19.1 Å². The summed E-state index contributed by atoms with van der Waals surface area (Å²) in [6.45, 7) is -0.0966. The number of halogens is 4. The molecule has 1 aliphatic rings. The molecule has 15 heteroatoms. The van der Waals surface area contributed by atoms with Crippen LogP contribution in [0.3, 0.4) is 0 Å². The van der Waals surface area contributed by atoms with Gasteiger partial charge in [-0.15, -0.1) is 0 Å². The van der Waals surface area contributed by atoms with Gasteiger partial charge in [-0.25, -0.2) is 17.1 Å². The SMILES string of the molecule is COc1ccc(CN(c2ccon2)S(=O)(=O)c2ccc3c(ccc(=O)n3-c3cc(F)c(C4CC(O)(C(F)(F)F)C4)cc3OC)c2)cc1. The van der Waals surface area contributed by atoms with E-state index in [-0.39, 0.29) is 39.8 Å². The molecule has 5 aromatic rings. The highest BCUT2D eigenvalue weighted by Crippen LogP contribution is 2.53. The molecule has 2 aromatic heterocycles. The molecule has 1 fully saturated rings. The van der Waals surface area contributed by atoms with Crippen LogP contribution in [0, 0.1) is 5.82 Å². The summed E-state index contributed by atoms with van der Waals surface area (Å²) in [6, 6.07) is 17.0. The number of ether oxygens (including phenoxy) is 2. The van der Waals surface area contributed by atoms with Crippen molar-refractivity contribution in [3.8, 4) is 17.2 Å². The van der Waals surface area contributed by atoms with Crippen molar-refractivity contribution >= 4 is 26.7 Å². The molecule has 1 N–H and O–H groups in total. The molecular weight excluding hydrogens is 646 g/mol. The van der Waals surface area contributed by atoms with Gasteiger partial charge in [0.25, 0.3) is 15.6 Å². The van der Waals surface area contributed by atoms with E-state index in [1.165, 1.54) is 62.9 Å². The summed E-state index contributed by atoms with van der Waals surface area (Å²) in [5.74, 6) is -1.20. The van der Waals surface area contributed by atoms with Gasteiger partial charge in [0.05, 0.1) is 36.9 Å². The molecule has 6 rings (SSSR count). The minimum absolute atomic E-state index is 0.00755. The van der Waals surface area contributed by atoms with Crippen LogP contribution >= 0.6 is 0 Å². The minimum atomic E-state index is -4.85. The number of benzene rings is 3. The van der Waals surface area contributed by atoms with Crippen LogP contribution in [0.25, 0.3) is 16.6 Å². The van der Waals surface area contributed by atoms with Crippen LogP contribution in [0.4, 0.5) is 23.4 Å². The van der Waals surface area contributed by atoms with Crippen LogP contribution in [-0.4, -0.2) is 49.2 Å². The van der Waals surface area contributed by atoms with Gasteiger partial charge in [-0.05, 0) is 72.4 Å².